The first-order chi connectivity index (χ1) is 8.86. The van der Waals surface area contributed by atoms with E-state index in [0.717, 1.165) is 20.5 Å². The summed E-state index contributed by atoms with van der Waals surface area (Å²) < 4.78 is 1.88. The quantitative estimate of drug-likeness (QED) is 0.724. The molecule has 1 aromatic carbocycles. The molecule has 2 aromatic rings. The van der Waals surface area contributed by atoms with Crippen molar-refractivity contribution >= 4 is 43.4 Å². The van der Waals surface area contributed by atoms with Gasteiger partial charge in [-0.25, -0.2) is 4.98 Å². The van der Waals surface area contributed by atoms with Gasteiger partial charge in [0, 0.05) is 16.4 Å². The molecular formula is C15H16Br2N2. The van der Waals surface area contributed by atoms with Crippen LogP contribution in [0, 0.1) is 0 Å². The average Bonchev–Trinajstić information content (AvgIpc) is 2.32. The van der Waals surface area contributed by atoms with Gasteiger partial charge >= 0.3 is 0 Å². The van der Waals surface area contributed by atoms with Crippen LogP contribution in [0.15, 0.2) is 45.5 Å². The zero-order valence-electron chi connectivity index (χ0n) is 11.2. The van der Waals surface area contributed by atoms with E-state index >= 15 is 0 Å². The molecule has 0 fully saturated rings. The van der Waals surface area contributed by atoms with Crippen LogP contribution in [-0.4, -0.2) is 4.98 Å². The molecule has 0 spiro atoms. The number of hydrogen-bond acceptors (Lipinski definition) is 2. The molecule has 0 atom stereocenters. The Bertz CT molecular complexity index is 572. The summed E-state index contributed by atoms with van der Waals surface area (Å²) in [6.07, 6.45) is 1.77. The summed E-state index contributed by atoms with van der Waals surface area (Å²) in [7, 11) is 0. The fourth-order valence-corrected chi connectivity index (χ4v) is 2.78. The molecule has 0 unspecified atom stereocenters. The van der Waals surface area contributed by atoms with E-state index in [1.54, 1.807) is 6.20 Å². The Hall–Kier alpha value is -0.870. The van der Waals surface area contributed by atoms with Crippen molar-refractivity contribution in [3.63, 3.8) is 0 Å². The lowest BCUT2D eigenvalue weighted by Gasteiger charge is -2.19. The van der Waals surface area contributed by atoms with Crippen molar-refractivity contribution in [3.8, 4) is 0 Å². The minimum Gasteiger partial charge on any atom is -0.339 e. The summed E-state index contributed by atoms with van der Waals surface area (Å²) in [6.45, 7) is 6.63. The van der Waals surface area contributed by atoms with Crippen molar-refractivity contribution in [2.45, 2.75) is 26.2 Å². The van der Waals surface area contributed by atoms with Gasteiger partial charge in [0.15, 0.2) is 0 Å². The van der Waals surface area contributed by atoms with Gasteiger partial charge in [-0.15, -0.1) is 0 Å². The smallest absolute Gasteiger partial charge is 0.144 e. The highest BCUT2D eigenvalue weighted by atomic mass is 79.9. The zero-order chi connectivity index (χ0) is 14.0. The van der Waals surface area contributed by atoms with E-state index in [2.05, 4.69) is 87.2 Å². The number of nitrogens with zero attached hydrogens (tertiary/aromatic N) is 1. The topological polar surface area (TPSA) is 24.9 Å². The molecule has 0 radical (unpaired) electrons. The predicted octanol–water partition coefficient (Wildman–Crippen LogP) is 5.65. The number of aromatic nitrogens is 1. The zero-order valence-corrected chi connectivity index (χ0v) is 14.3. The van der Waals surface area contributed by atoms with E-state index in [1.807, 2.05) is 6.07 Å². The minimum absolute atomic E-state index is 0.176. The summed E-state index contributed by atoms with van der Waals surface area (Å²) >= 11 is 6.89. The molecule has 2 rings (SSSR count). The van der Waals surface area contributed by atoms with Crippen molar-refractivity contribution in [1.82, 2.24) is 4.98 Å². The lowest BCUT2D eigenvalue weighted by Crippen LogP contribution is -2.10. The average molecular weight is 384 g/mol. The summed E-state index contributed by atoms with van der Waals surface area (Å²) in [5.74, 6) is 0.812. The van der Waals surface area contributed by atoms with Crippen molar-refractivity contribution in [3.05, 3.63) is 51.0 Å². The third-order valence-electron chi connectivity index (χ3n) is 2.82. The van der Waals surface area contributed by atoms with Crippen molar-refractivity contribution in [1.29, 1.82) is 0 Å². The highest BCUT2D eigenvalue weighted by molar-refractivity contribution is 9.11. The van der Waals surface area contributed by atoms with E-state index in [0.29, 0.717) is 0 Å². The van der Waals surface area contributed by atoms with Gasteiger partial charge < -0.3 is 5.32 Å². The Morgan fingerprint density at radius 3 is 2.21 bits per heavy atom. The molecule has 1 aromatic heterocycles. The molecule has 1 heterocycles. The van der Waals surface area contributed by atoms with Gasteiger partial charge in [-0.1, -0.05) is 32.9 Å². The molecule has 1 N–H and O–H groups in total. The third kappa shape index (κ3) is 3.80. The predicted molar refractivity (Wildman–Crippen MR) is 88.1 cm³/mol. The Labute approximate surface area is 130 Å². The van der Waals surface area contributed by atoms with Crippen LogP contribution < -0.4 is 5.32 Å². The maximum Gasteiger partial charge on any atom is 0.144 e. The van der Waals surface area contributed by atoms with Crippen LogP contribution in [0.25, 0.3) is 0 Å². The number of halogens is 2. The number of nitrogens with one attached hydrogen (secondary N) is 1. The molecule has 4 heteroatoms. The Kier molecular flexibility index (Phi) is 4.31. The second-order valence-corrected chi connectivity index (χ2v) is 7.21. The van der Waals surface area contributed by atoms with Crippen LogP contribution in [0.5, 0.6) is 0 Å². The van der Waals surface area contributed by atoms with Crippen molar-refractivity contribution in [2.24, 2.45) is 0 Å². The second kappa shape index (κ2) is 5.63. The highest BCUT2D eigenvalue weighted by Gasteiger charge is 2.13. The molecule has 0 aliphatic rings. The Morgan fingerprint density at radius 2 is 1.68 bits per heavy atom. The normalized spacial score (nSPS) is 11.4. The lowest BCUT2D eigenvalue weighted by atomic mass is 9.87. The Morgan fingerprint density at radius 1 is 1.05 bits per heavy atom. The number of rotatable bonds is 2. The van der Waals surface area contributed by atoms with E-state index in [4.69, 9.17) is 0 Å². The number of anilines is 2. The van der Waals surface area contributed by atoms with Crippen LogP contribution in [0.4, 0.5) is 11.5 Å². The van der Waals surface area contributed by atoms with Crippen LogP contribution >= 0.6 is 31.9 Å². The lowest BCUT2D eigenvalue weighted by molar-refractivity contribution is 0.590. The Balaban J connectivity index is 2.20. The summed E-state index contributed by atoms with van der Waals surface area (Å²) in [5.41, 5.74) is 2.53. The molecular weight excluding hydrogens is 368 g/mol. The monoisotopic (exact) mass is 382 g/mol. The minimum atomic E-state index is 0.176. The van der Waals surface area contributed by atoms with Crippen molar-refractivity contribution in [2.75, 3.05) is 5.32 Å². The molecule has 0 bridgehead atoms. The first-order valence-corrected chi connectivity index (χ1v) is 7.63. The first-order valence-electron chi connectivity index (χ1n) is 6.05. The maximum absolute atomic E-state index is 4.34. The summed E-state index contributed by atoms with van der Waals surface area (Å²) in [4.78, 5) is 4.34. The molecule has 0 aliphatic heterocycles. The van der Waals surface area contributed by atoms with E-state index < -0.39 is 0 Å². The van der Waals surface area contributed by atoms with Gasteiger partial charge in [0.1, 0.15) is 5.82 Å². The first kappa shape index (κ1) is 14.5. The molecule has 19 heavy (non-hydrogen) atoms. The van der Waals surface area contributed by atoms with Crippen LogP contribution in [-0.2, 0) is 5.41 Å². The van der Waals surface area contributed by atoms with Crippen LogP contribution in [0.2, 0.25) is 0 Å². The molecule has 0 aliphatic carbocycles. The molecule has 0 saturated carbocycles. The highest BCUT2D eigenvalue weighted by Crippen LogP contribution is 2.28. The molecule has 0 amide bonds. The van der Waals surface area contributed by atoms with E-state index in [1.165, 1.54) is 5.56 Å². The van der Waals surface area contributed by atoms with Gasteiger partial charge in [-0.3, -0.25) is 0 Å². The van der Waals surface area contributed by atoms with Crippen LogP contribution in [0.3, 0.4) is 0 Å². The second-order valence-electron chi connectivity index (χ2n) is 5.44. The van der Waals surface area contributed by atoms with Crippen LogP contribution in [0.1, 0.15) is 26.3 Å². The molecule has 100 valence electrons. The fourth-order valence-electron chi connectivity index (χ4n) is 1.70. The third-order valence-corrected chi connectivity index (χ3v) is 3.86. The van der Waals surface area contributed by atoms with E-state index in [9.17, 15) is 0 Å². The molecule has 0 saturated heterocycles. The SMILES string of the molecule is CC(C)(C)c1ccc(Nc2ncc(Br)cc2Br)cc1. The van der Waals surface area contributed by atoms with Gasteiger partial charge in [0.2, 0.25) is 0 Å². The maximum atomic E-state index is 4.34. The molecule has 2 nitrogen and oxygen atoms in total. The van der Waals surface area contributed by atoms with Gasteiger partial charge in [-0.05, 0) is 61.0 Å². The number of hydrogen-bond donors (Lipinski definition) is 1. The summed E-state index contributed by atoms with van der Waals surface area (Å²) in [6, 6.07) is 10.4. The van der Waals surface area contributed by atoms with Gasteiger partial charge in [-0.2, -0.15) is 0 Å². The summed E-state index contributed by atoms with van der Waals surface area (Å²) in [5, 5.41) is 3.30. The standard InChI is InChI=1S/C15H16Br2N2/c1-15(2,3)10-4-6-12(7-5-10)19-14-13(17)8-11(16)9-18-14/h4-9H,1-3H3,(H,18,19). The van der Waals surface area contributed by atoms with Gasteiger partial charge in [0.25, 0.3) is 0 Å². The largest absolute Gasteiger partial charge is 0.339 e. The number of benzene rings is 1. The van der Waals surface area contributed by atoms with Crippen molar-refractivity contribution < 1.29 is 0 Å². The van der Waals surface area contributed by atoms with E-state index in [-0.39, 0.29) is 5.41 Å². The van der Waals surface area contributed by atoms with Gasteiger partial charge in [0.05, 0.1) is 4.47 Å². The fraction of sp³-hybridized carbons (Fsp3) is 0.267. The number of pyridine rings is 1.